The van der Waals surface area contributed by atoms with Crippen LogP contribution in [-0.2, 0) is 21.6 Å². The Morgan fingerprint density at radius 1 is 1.14 bits per heavy atom. The number of carbonyl (C=O) groups excluding carboxylic acids is 1. The summed E-state index contributed by atoms with van der Waals surface area (Å²) in [4.78, 5) is 21.7. The van der Waals surface area contributed by atoms with E-state index < -0.39 is 47.3 Å². The summed E-state index contributed by atoms with van der Waals surface area (Å²) in [5.41, 5.74) is -4.38. The monoisotopic (exact) mass is 312 g/mol. The smallest absolute Gasteiger partial charge is 0.416 e. The van der Waals surface area contributed by atoms with Gasteiger partial charge in [-0.1, -0.05) is 6.07 Å². The fraction of sp³-hybridized carbons (Fsp3) is 0.333. The molecule has 1 aromatic rings. The Labute approximate surface area is 115 Å². The minimum absolute atomic E-state index is 0.0464. The molecule has 0 spiro atoms. The first-order valence-electron chi connectivity index (χ1n) is 5.51. The van der Waals surface area contributed by atoms with Crippen molar-refractivity contribution in [2.45, 2.75) is 19.0 Å². The average Bonchev–Trinajstić information content (AvgIpc) is 2.37. The Morgan fingerprint density at radius 3 is 2.14 bits per heavy atom. The van der Waals surface area contributed by atoms with Crippen LogP contribution in [0.25, 0.3) is 0 Å². The first kappa shape index (κ1) is 16.9. The molecule has 0 bridgehead atoms. The van der Waals surface area contributed by atoms with Gasteiger partial charge in [-0.15, -0.1) is 0 Å². The van der Waals surface area contributed by atoms with E-state index in [2.05, 4.69) is 4.74 Å². The van der Waals surface area contributed by atoms with Crippen molar-refractivity contribution in [2.75, 3.05) is 6.61 Å². The molecule has 21 heavy (non-hydrogen) atoms. The number of benzene rings is 1. The first-order chi connectivity index (χ1) is 9.51. The van der Waals surface area contributed by atoms with Gasteiger partial charge in [0.05, 0.1) is 17.7 Å². The first-order valence-corrected chi connectivity index (χ1v) is 5.51. The third-order valence-electron chi connectivity index (χ3n) is 2.44. The van der Waals surface area contributed by atoms with Gasteiger partial charge >= 0.3 is 24.0 Å². The van der Waals surface area contributed by atoms with Crippen molar-refractivity contribution in [1.82, 2.24) is 0 Å². The number of hydrogen-bond donors (Lipinski definition) is 1. The maximum atomic E-state index is 13.7. The molecule has 0 fully saturated rings. The number of hydrogen-bond acceptors (Lipinski definition) is 3. The molecule has 1 rings (SSSR count). The molecule has 0 saturated heterocycles. The summed E-state index contributed by atoms with van der Waals surface area (Å²) < 4.78 is 69.9. The molecule has 0 aromatic heterocycles. The topological polar surface area (TPSA) is 63.6 Å². The Hall–Kier alpha value is -2.19. The van der Waals surface area contributed by atoms with Crippen molar-refractivity contribution < 1.29 is 41.4 Å². The summed E-state index contributed by atoms with van der Waals surface area (Å²) >= 11 is 0. The molecule has 0 aliphatic heterocycles. The van der Waals surface area contributed by atoms with E-state index in [1.165, 1.54) is 6.92 Å². The quantitative estimate of drug-likeness (QED) is 0.685. The Morgan fingerprint density at radius 2 is 1.71 bits per heavy atom. The zero-order valence-corrected chi connectivity index (χ0v) is 10.5. The van der Waals surface area contributed by atoms with Crippen molar-refractivity contribution in [3.05, 3.63) is 34.9 Å². The molecular weight excluding hydrogens is 303 g/mol. The van der Waals surface area contributed by atoms with E-state index >= 15 is 0 Å². The van der Waals surface area contributed by atoms with Crippen LogP contribution >= 0.6 is 0 Å². The molecule has 0 atom stereocenters. The molecule has 0 aliphatic carbocycles. The third kappa shape index (κ3) is 3.47. The molecule has 0 amide bonds. The van der Waals surface area contributed by atoms with Gasteiger partial charge in [0.2, 0.25) is 0 Å². The Kier molecular flexibility index (Phi) is 4.55. The van der Waals surface area contributed by atoms with Gasteiger partial charge in [0.1, 0.15) is 0 Å². The van der Waals surface area contributed by atoms with Crippen molar-refractivity contribution in [3.63, 3.8) is 0 Å². The van der Waals surface area contributed by atoms with Gasteiger partial charge in [-0.05, 0) is 19.1 Å². The highest BCUT2D eigenvalue weighted by molar-refractivity contribution is 5.88. The van der Waals surface area contributed by atoms with E-state index in [0.29, 0.717) is 6.07 Å². The van der Waals surface area contributed by atoms with Crippen molar-refractivity contribution in [2.24, 2.45) is 0 Å². The van der Waals surface area contributed by atoms with E-state index in [1.54, 1.807) is 0 Å². The number of aromatic carboxylic acids is 1. The number of alkyl halides is 5. The largest absolute Gasteiger partial charge is 0.478 e. The van der Waals surface area contributed by atoms with Gasteiger partial charge in [-0.2, -0.15) is 22.0 Å². The van der Waals surface area contributed by atoms with E-state index in [9.17, 15) is 31.5 Å². The zero-order valence-electron chi connectivity index (χ0n) is 10.5. The van der Waals surface area contributed by atoms with Crippen LogP contribution < -0.4 is 0 Å². The number of carboxylic acid groups (broad SMARTS) is 1. The van der Waals surface area contributed by atoms with Crippen LogP contribution in [0.1, 0.15) is 28.4 Å². The van der Waals surface area contributed by atoms with E-state index in [1.807, 2.05) is 0 Å². The average molecular weight is 312 g/mol. The molecule has 116 valence electrons. The van der Waals surface area contributed by atoms with Crippen LogP contribution in [0.4, 0.5) is 22.0 Å². The highest BCUT2D eigenvalue weighted by Gasteiger charge is 2.49. The van der Waals surface area contributed by atoms with Gasteiger partial charge in [-0.25, -0.2) is 9.59 Å². The van der Waals surface area contributed by atoms with Crippen molar-refractivity contribution >= 4 is 11.9 Å². The second kappa shape index (κ2) is 5.66. The molecule has 0 unspecified atom stereocenters. The number of halogens is 5. The molecule has 0 radical (unpaired) electrons. The second-order valence-electron chi connectivity index (χ2n) is 3.86. The molecule has 4 nitrogen and oxygen atoms in total. The van der Waals surface area contributed by atoms with E-state index in [0.717, 1.165) is 0 Å². The molecular formula is C12H9F5O4. The predicted octanol–water partition coefficient (Wildman–Crippen LogP) is 3.06. The molecule has 0 heterocycles. The number of ether oxygens (including phenoxy) is 1. The normalized spacial score (nSPS) is 12.1. The third-order valence-corrected chi connectivity index (χ3v) is 2.44. The van der Waals surface area contributed by atoms with Crippen LogP contribution in [-0.4, -0.2) is 23.7 Å². The van der Waals surface area contributed by atoms with Gasteiger partial charge in [-0.3, -0.25) is 0 Å². The summed E-state index contributed by atoms with van der Waals surface area (Å²) in [5.74, 6) is -8.40. The Bertz CT molecular complexity index is 565. The minimum atomic E-state index is -5.25. The van der Waals surface area contributed by atoms with Crippen LogP contribution in [0.2, 0.25) is 0 Å². The van der Waals surface area contributed by atoms with Gasteiger partial charge in [0.15, 0.2) is 0 Å². The standard InChI is InChI=1S/C12H9F5O4/c1-2-21-10(20)11(13,14)7-4-3-6(9(18)19)5-8(7)12(15,16)17/h3-5H,2H2,1H3,(H,18,19). The number of esters is 1. The van der Waals surface area contributed by atoms with Crippen molar-refractivity contribution in [3.8, 4) is 0 Å². The molecule has 0 saturated carbocycles. The highest BCUT2D eigenvalue weighted by atomic mass is 19.4. The second-order valence-corrected chi connectivity index (χ2v) is 3.86. The summed E-state index contributed by atoms with van der Waals surface area (Å²) in [6.45, 7) is 0.773. The van der Waals surface area contributed by atoms with Crippen LogP contribution in [0.3, 0.4) is 0 Å². The lowest BCUT2D eigenvalue weighted by Gasteiger charge is -2.20. The van der Waals surface area contributed by atoms with Crippen LogP contribution in [0.5, 0.6) is 0 Å². The molecule has 9 heteroatoms. The molecule has 0 aliphatic rings. The van der Waals surface area contributed by atoms with Crippen LogP contribution in [0.15, 0.2) is 18.2 Å². The highest BCUT2D eigenvalue weighted by Crippen LogP contribution is 2.40. The number of rotatable bonds is 4. The van der Waals surface area contributed by atoms with Crippen LogP contribution in [0, 0.1) is 0 Å². The number of carbonyl (C=O) groups is 2. The minimum Gasteiger partial charge on any atom is -0.478 e. The summed E-state index contributed by atoms with van der Waals surface area (Å²) in [6, 6.07) is 0.855. The maximum absolute atomic E-state index is 13.7. The lowest BCUT2D eigenvalue weighted by Crippen LogP contribution is -2.31. The van der Waals surface area contributed by atoms with Crippen molar-refractivity contribution in [1.29, 1.82) is 0 Å². The predicted molar refractivity (Wildman–Crippen MR) is 58.9 cm³/mol. The lowest BCUT2D eigenvalue weighted by atomic mass is 9.98. The van der Waals surface area contributed by atoms with E-state index in [4.69, 9.17) is 5.11 Å². The summed E-state index contributed by atoms with van der Waals surface area (Å²) in [6.07, 6.45) is -5.25. The van der Waals surface area contributed by atoms with Gasteiger partial charge in [0, 0.05) is 5.56 Å². The zero-order chi connectivity index (χ0) is 16.4. The summed E-state index contributed by atoms with van der Waals surface area (Å²) in [7, 11) is 0. The maximum Gasteiger partial charge on any atom is 0.416 e. The van der Waals surface area contributed by atoms with E-state index in [-0.39, 0.29) is 12.1 Å². The van der Waals surface area contributed by atoms with Gasteiger partial charge < -0.3 is 9.84 Å². The fourth-order valence-electron chi connectivity index (χ4n) is 1.52. The Balaban J connectivity index is 3.48. The molecule has 1 aromatic carbocycles. The number of carboxylic acids is 1. The van der Waals surface area contributed by atoms with Gasteiger partial charge in [0.25, 0.3) is 0 Å². The summed E-state index contributed by atoms with van der Waals surface area (Å²) in [5, 5.41) is 8.62. The lowest BCUT2D eigenvalue weighted by molar-refractivity contribution is -0.175. The molecule has 1 N–H and O–H groups in total. The SMILES string of the molecule is CCOC(=O)C(F)(F)c1ccc(C(=O)O)cc1C(F)(F)F. The fourth-order valence-corrected chi connectivity index (χ4v) is 1.52.